The van der Waals surface area contributed by atoms with E-state index in [1.807, 2.05) is 6.20 Å². The Hall–Kier alpha value is -1.81. The standard InChI is InChI=1S/C18H23N3O/c1-20(11-14-2-4-17-16(10-14)6-9-22-17)12-15-3-5-18-19-7-8-21(18)13-15/h2,4,7-8,10,15H,3,5-6,9,11-13H2,1H3/t15-/m1/s1. The fourth-order valence-electron chi connectivity index (χ4n) is 3.74. The second kappa shape index (κ2) is 5.76. The Labute approximate surface area is 131 Å². The van der Waals surface area contributed by atoms with Crippen LogP contribution in [0.4, 0.5) is 0 Å². The lowest BCUT2D eigenvalue weighted by Crippen LogP contribution is -2.31. The highest BCUT2D eigenvalue weighted by Crippen LogP contribution is 2.26. The maximum atomic E-state index is 5.58. The van der Waals surface area contributed by atoms with E-state index in [0.29, 0.717) is 0 Å². The Kier molecular flexibility index (Phi) is 3.62. The smallest absolute Gasteiger partial charge is 0.122 e. The molecule has 0 amide bonds. The average Bonchev–Trinajstić information content (AvgIpc) is 3.14. The molecule has 0 N–H and O–H groups in total. The summed E-state index contributed by atoms with van der Waals surface area (Å²) in [5.74, 6) is 3.05. The summed E-state index contributed by atoms with van der Waals surface area (Å²) in [6.45, 7) is 4.10. The third kappa shape index (κ3) is 2.75. The van der Waals surface area contributed by atoms with Crippen molar-refractivity contribution in [3.63, 3.8) is 0 Å². The van der Waals surface area contributed by atoms with Gasteiger partial charge in [-0.25, -0.2) is 4.98 Å². The van der Waals surface area contributed by atoms with Crippen molar-refractivity contribution in [2.45, 2.75) is 32.4 Å². The lowest BCUT2D eigenvalue weighted by Gasteiger charge is -2.28. The number of nitrogens with zero attached hydrogens (tertiary/aromatic N) is 3. The lowest BCUT2D eigenvalue weighted by atomic mass is 9.98. The van der Waals surface area contributed by atoms with Crippen molar-refractivity contribution in [2.24, 2.45) is 5.92 Å². The van der Waals surface area contributed by atoms with Gasteiger partial charge < -0.3 is 14.2 Å². The van der Waals surface area contributed by atoms with Crippen molar-refractivity contribution < 1.29 is 4.74 Å². The summed E-state index contributed by atoms with van der Waals surface area (Å²) in [6, 6.07) is 6.65. The number of benzene rings is 1. The Morgan fingerprint density at radius 1 is 1.36 bits per heavy atom. The van der Waals surface area contributed by atoms with Crippen LogP contribution in [0.2, 0.25) is 0 Å². The van der Waals surface area contributed by atoms with E-state index in [2.05, 4.69) is 45.9 Å². The summed E-state index contributed by atoms with van der Waals surface area (Å²) < 4.78 is 7.90. The number of imidazole rings is 1. The van der Waals surface area contributed by atoms with Crippen LogP contribution in [0, 0.1) is 5.92 Å². The number of aromatic nitrogens is 2. The molecule has 0 bridgehead atoms. The highest BCUT2D eigenvalue weighted by Gasteiger charge is 2.20. The van der Waals surface area contributed by atoms with Crippen molar-refractivity contribution in [3.8, 4) is 5.75 Å². The van der Waals surface area contributed by atoms with E-state index < -0.39 is 0 Å². The molecule has 4 heteroatoms. The first-order chi connectivity index (χ1) is 10.8. The molecule has 4 nitrogen and oxygen atoms in total. The maximum Gasteiger partial charge on any atom is 0.122 e. The van der Waals surface area contributed by atoms with Gasteiger partial charge in [-0.1, -0.05) is 12.1 Å². The highest BCUT2D eigenvalue weighted by atomic mass is 16.5. The van der Waals surface area contributed by atoms with E-state index in [0.717, 1.165) is 50.8 Å². The Bertz CT molecular complexity index is 664. The number of hydrogen-bond acceptors (Lipinski definition) is 3. The number of fused-ring (bicyclic) bond motifs is 2. The van der Waals surface area contributed by atoms with Crippen LogP contribution in [0.3, 0.4) is 0 Å². The topological polar surface area (TPSA) is 30.3 Å². The molecular weight excluding hydrogens is 274 g/mol. The molecule has 22 heavy (non-hydrogen) atoms. The molecular formula is C18H23N3O. The summed E-state index contributed by atoms with van der Waals surface area (Å²) in [4.78, 5) is 6.86. The first-order valence-corrected chi connectivity index (χ1v) is 8.21. The molecule has 0 spiro atoms. The van der Waals surface area contributed by atoms with E-state index in [9.17, 15) is 0 Å². The molecule has 2 aromatic rings. The minimum Gasteiger partial charge on any atom is -0.493 e. The Morgan fingerprint density at radius 3 is 3.27 bits per heavy atom. The van der Waals surface area contributed by atoms with Crippen LogP contribution in [-0.2, 0) is 25.9 Å². The van der Waals surface area contributed by atoms with Crippen LogP contribution >= 0.6 is 0 Å². The van der Waals surface area contributed by atoms with E-state index >= 15 is 0 Å². The molecule has 0 fully saturated rings. The van der Waals surface area contributed by atoms with Gasteiger partial charge in [-0.15, -0.1) is 0 Å². The number of rotatable bonds is 4. The first kappa shape index (κ1) is 13.8. The lowest BCUT2D eigenvalue weighted by molar-refractivity contribution is 0.229. The summed E-state index contributed by atoms with van der Waals surface area (Å²) in [7, 11) is 2.23. The van der Waals surface area contributed by atoms with Gasteiger partial charge in [-0.2, -0.15) is 0 Å². The van der Waals surface area contributed by atoms with Crippen molar-refractivity contribution in [2.75, 3.05) is 20.2 Å². The van der Waals surface area contributed by atoms with Gasteiger partial charge in [0.2, 0.25) is 0 Å². The minimum absolute atomic E-state index is 0.726. The largest absolute Gasteiger partial charge is 0.493 e. The van der Waals surface area contributed by atoms with Crippen molar-refractivity contribution in [1.29, 1.82) is 0 Å². The van der Waals surface area contributed by atoms with E-state index in [-0.39, 0.29) is 0 Å². The van der Waals surface area contributed by atoms with Gasteiger partial charge in [0, 0.05) is 44.9 Å². The molecule has 0 radical (unpaired) electrons. The molecule has 2 aliphatic rings. The normalized spacial score (nSPS) is 19.8. The van der Waals surface area contributed by atoms with Gasteiger partial charge in [0.05, 0.1) is 6.61 Å². The average molecular weight is 297 g/mol. The molecule has 0 unspecified atom stereocenters. The molecule has 2 aliphatic heterocycles. The van der Waals surface area contributed by atoms with Crippen LogP contribution in [-0.4, -0.2) is 34.7 Å². The van der Waals surface area contributed by atoms with E-state index in [4.69, 9.17) is 4.74 Å². The fraction of sp³-hybridized carbons (Fsp3) is 0.500. The van der Waals surface area contributed by atoms with Gasteiger partial charge in [0.1, 0.15) is 11.6 Å². The predicted octanol–water partition coefficient (Wildman–Crippen LogP) is 2.51. The molecule has 116 valence electrons. The van der Waals surface area contributed by atoms with Crippen molar-refractivity contribution in [3.05, 3.63) is 47.5 Å². The van der Waals surface area contributed by atoms with Gasteiger partial charge in [-0.05, 0) is 36.6 Å². The molecule has 0 saturated carbocycles. The van der Waals surface area contributed by atoms with Gasteiger partial charge in [-0.3, -0.25) is 0 Å². The zero-order valence-corrected chi connectivity index (χ0v) is 13.2. The zero-order valence-electron chi connectivity index (χ0n) is 13.2. The van der Waals surface area contributed by atoms with Gasteiger partial charge in [0.15, 0.2) is 0 Å². The number of hydrogen-bond donors (Lipinski definition) is 0. The van der Waals surface area contributed by atoms with Crippen LogP contribution in [0.1, 0.15) is 23.4 Å². The van der Waals surface area contributed by atoms with Gasteiger partial charge >= 0.3 is 0 Å². The van der Waals surface area contributed by atoms with Gasteiger partial charge in [0.25, 0.3) is 0 Å². The maximum absolute atomic E-state index is 5.58. The molecule has 1 aromatic carbocycles. The van der Waals surface area contributed by atoms with E-state index in [1.165, 1.54) is 23.4 Å². The van der Waals surface area contributed by atoms with Crippen molar-refractivity contribution >= 4 is 0 Å². The second-order valence-corrected chi connectivity index (χ2v) is 6.64. The van der Waals surface area contributed by atoms with E-state index in [1.54, 1.807) is 0 Å². The highest BCUT2D eigenvalue weighted by molar-refractivity contribution is 5.39. The van der Waals surface area contributed by atoms with Crippen LogP contribution in [0.5, 0.6) is 5.75 Å². The Balaban J connectivity index is 1.36. The third-order valence-corrected chi connectivity index (χ3v) is 4.81. The molecule has 1 aromatic heterocycles. The SMILES string of the molecule is CN(Cc1ccc2c(c1)CCO2)C[C@H]1CCc2nccn2C1. The monoisotopic (exact) mass is 297 g/mol. The fourth-order valence-corrected chi connectivity index (χ4v) is 3.74. The third-order valence-electron chi connectivity index (χ3n) is 4.81. The molecule has 0 aliphatic carbocycles. The number of ether oxygens (including phenoxy) is 1. The first-order valence-electron chi connectivity index (χ1n) is 8.21. The number of aryl methyl sites for hydroxylation is 1. The van der Waals surface area contributed by atoms with Crippen LogP contribution in [0.15, 0.2) is 30.6 Å². The second-order valence-electron chi connectivity index (χ2n) is 6.64. The van der Waals surface area contributed by atoms with Crippen molar-refractivity contribution in [1.82, 2.24) is 14.5 Å². The van der Waals surface area contributed by atoms with Crippen LogP contribution < -0.4 is 4.74 Å². The summed E-state index contributed by atoms with van der Waals surface area (Å²) in [5.41, 5.74) is 2.76. The molecule has 0 saturated heterocycles. The molecule has 4 rings (SSSR count). The summed E-state index contributed by atoms with van der Waals surface area (Å²) in [5, 5.41) is 0. The molecule has 1 atom stereocenters. The Morgan fingerprint density at radius 2 is 2.32 bits per heavy atom. The minimum atomic E-state index is 0.726. The summed E-state index contributed by atoms with van der Waals surface area (Å²) >= 11 is 0. The molecule has 3 heterocycles. The predicted molar refractivity (Wildman–Crippen MR) is 86.0 cm³/mol. The summed E-state index contributed by atoms with van der Waals surface area (Å²) in [6.07, 6.45) is 7.45. The zero-order chi connectivity index (χ0) is 14.9. The quantitative estimate of drug-likeness (QED) is 0.868. The van der Waals surface area contributed by atoms with Crippen LogP contribution in [0.25, 0.3) is 0 Å².